The zero-order valence-corrected chi connectivity index (χ0v) is 17.9. The van der Waals surface area contributed by atoms with Gasteiger partial charge in [0.1, 0.15) is 0 Å². The molecular weight excluding hydrogens is 386 g/mol. The predicted octanol–water partition coefficient (Wildman–Crippen LogP) is 3.05. The van der Waals surface area contributed by atoms with E-state index in [1.807, 2.05) is 36.0 Å². The third kappa shape index (κ3) is 6.23. The van der Waals surface area contributed by atoms with Crippen molar-refractivity contribution in [3.05, 3.63) is 35.4 Å². The fourth-order valence-corrected chi connectivity index (χ4v) is 5.49. The highest BCUT2D eigenvalue weighted by Gasteiger charge is 2.42. The van der Waals surface area contributed by atoms with E-state index >= 15 is 0 Å². The predicted molar refractivity (Wildman–Crippen MR) is 116 cm³/mol. The van der Waals surface area contributed by atoms with Gasteiger partial charge >= 0.3 is 6.03 Å². The molecule has 2 aliphatic heterocycles. The lowest BCUT2D eigenvalue weighted by Crippen LogP contribution is -2.36. The number of nitrogens with one attached hydrogen (secondary N) is 3. The second kappa shape index (κ2) is 10.7. The molecule has 0 saturated carbocycles. The third-order valence-electron chi connectivity index (χ3n) is 5.64. The highest BCUT2D eigenvalue weighted by atomic mass is 32.2. The monoisotopic (exact) mass is 417 g/mol. The minimum atomic E-state index is -0.0544. The largest absolute Gasteiger partial charge is 0.356 e. The van der Waals surface area contributed by atoms with Gasteiger partial charge in [0.15, 0.2) is 5.78 Å². The van der Waals surface area contributed by atoms with Crippen LogP contribution in [0.1, 0.15) is 61.4 Å². The van der Waals surface area contributed by atoms with Crippen LogP contribution in [0.3, 0.4) is 0 Å². The van der Waals surface area contributed by atoms with Crippen molar-refractivity contribution in [2.75, 3.05) is 12.3 Å². The minimum absolute atomic E-state index is 0.0539. The van der Waals surface area contributed by atoms with Gasteiger partial charge in [0.2, 0.25) is 5.91 Å². The topological polar surface area (TPSA) is 87.3 Å². The quantitative estimate of drug-likeness (QED) is 0.293. The zero-order valence-electron chi connectivity index (χ0n) is 17.0. The van der Waals surface area contributed by atoms with Gasteiger partial charge in [0.05, 0.1) is 12.1 Å². The summed E-state index contributed by atoms with van der Waals surface area (Å²) < 4.78 is 0. The van der Waals surface area contributed by atoms with Crippen LogP contribution in [0.25, 0.3) is 0 Å². The number of fused-ring (bicyclic) bond motifs is 1. The Morgan fingerprint density at radius 1 is 1.17 bits per heavy atom. The summed E-state index contributed by atoms with van der Waals surface area (Å²) in [5.41, 5.74) is 1.93. The Morgan fingerprint density at radius 2 is 2.03 bits per heavy atom. The number of Topliss-reactive ketones (excluding diaryl/α,β-unsaturated/α-hetero) is 1. The zero-order chi connectivity index (χ0) is 20.6. The maximum atomic E-state index is 12.2. The Bertz CT molecular complexity index is 740. The van der Waals surface area contributed by atoms with Gasteiger partial charge in [-0.05, 0) is 37.3 Å². The Kier molecular flexibility index (Phi) is 7.98. The lowest BCUT2D eigenvalue weighted by atomic mass is 10.0. The van der Waals surface area contributed by atoms with Crippen LogP contribution in [-0.2, 0) is 11.2 Å². The molecule has 0 bridgehead atoms. The number of thioether (sulfide) groups is 1. The van der Waals surface area contributed by atoms with Gasteiger partial charge in [-0.15, -0.1) is 0 Å². The SMILES string of the molecule is CCc1cccc(C(=O)CCCNC(=O)CCCC[C@@H]2SC[C@@H]3NC(=O)N[C@@H]32)c1. The fourth-order valence-electron chi connectivity index (χ4n) is 3.95. The fraction of sp³-hybridized carbons (Fsp3) is 0.591. The number of amides is 3. The molecule has 3 rings (SSSR count). The molecule has 2 aliphatic rings. The summed E-state index contributed by atoms with van der Waals surface area (Å²) in [6.07, 6.45) is 5.41. The number of unbranched alkanes of at least 4 members (excludes halogenated alkanes) is 1. The van der Waals surface area contributed by atoms with Gasteiger partial charge in [-0.25, -0.2) is 4.79 Å². The van der Waals surface area contributed by atoms with E-state index in [4.69, 9.17) is 0 Å². The van der Waals surface area contributed by atoms with Crippen molar-refractivity contribution in [1.29, 1.82) is 0 Å². The molecular formula is C22H31N3O3S. The number of hydrogen-bond acceptors (Lipinski definition) is 4. The highest BCUT2D eigenvalue weighted by molar-refractivity contribution is 8.00. The lowest BCUT2D eigenvalue weighted by molar-refractivity contribution is -0.121. The molecule has 3 amide bonds. The normalized spacial score (nSPS) is 22.7. The molecule has 0 aliphatic carbocycles. The number of rotatable bonds is 11. The van der Waals surface area contributed by atoms with E-state index in [2.05, 4.69) is 22.9 Å². The summed E-state index contributed by atoms with van der Waals surface area (Å²) in [5, 5.41) is 9.31. The van der Waals surface area contributed by atoms with Crippen LogP contribution in [0, 0.1) is 0 Å². The first-order chi connectivity index (χ1) is 14.1. The van der Waals surface area contributed by atoms with Crippen molar-refractivity contribution in [2.45, 2.75) is 69.2 Å². The van der Waals surface area contributed by atoms with Gasteiger partial charge in [0, 0.05) is 36.0 Å². The molecule has 0 unspecified atom stereocenters. The van der Waals surface area contributed by atoms with Gasteiger partial charge in [-0.1, -0.05) is 31.5 Å². The van der Waals surface area contributed by atoms with E-state index in [9.17, 15) is 14.4 Å². The molecule has 158 valence electrons. The summed E-state index contributed by atoms with van der Waals surface area (Å²) in [6, 6.07) is 8.21. The molecule has 3 atom stereocenters. The second-order valence-electron chi connectivity index (χ2n) is 7.80. The number of urea groups is 1. The van der Waals surface area contributed by atoms with E-state index in [-0.39, 0.29) is 29.8 Å². The first kappa shape index (κ1) is 21.7. The molecule has 3 N–H and O–H groups in total. The summed E-state index contributed by atoms with van der Waals surface area (Å²) in [5.74, 6) is 1.16. The van der Waals surface area contributed by atoms with Crippen LogP contribution < -0.4 is 16.0 Å². The van der Waals surface area contributed by atoms with E-state index in [0.717, 1.165) is 37.0 Å². The van der Waals surface area contributed by atoms with Crippen LogP contribution >= 0.6 is 11.8 Å². The van der Waals surface area contributed by atoms with E-state index in [0.29, 0.717) is 31.1 Å². The van der Waals surface area contributed by atoms with Gasteiger partial charge in [-0.2, -0.15) is 11.8 Å². The smallest absolute Gasteiger partial charge is 0.315 e. The minimum Gasteiger partial charge on any atom is -0.356 e. The number of aryl methyl sites for hydroxylation is 1. The maximum absolute atomic E-state index is 12.2. The Labute approximate surface area is 177 Å². The van der Waals surface area contributed by atoms with Crippen molar-refractivity contribution in [3.63, 3.8) is 0 Å². The molecule has 1 aromatic carbocycles. The molecule has 29 heavy (non-hydrogen) atoms. The van der Waals surface area contributed by atoms with E-state index < -0.39 is 0 Å². The molecule has 0 spiro atoms. The Balaban J connectivity index is 1.24. The van der Waals surface area contributed by atoms with Gasteiger partial charge in [-0.3, -0.25) is 9.59 Å². The maximum Gasteiger partial charge on any atom is 0.315 e. The molecule has 0 aromatic heterocycles. The number of benzene rings is 1. The molecule has 2 heterocycles. The number of carbonyl (C=O) groups excluding carboxylic acids is 3. The number of hydrogen-bond donors (Lipinski definition) is 3. The molecule has 1 aromatic rings. The molecule has 2 saturated heterocycles. The van der Waals surface area contributed by atoms with Gasteiger partial charge in [0.25, 0.3) is 0 Å². The second-order valence-corrected chi connectivity index (χ2v) is 9.07. The van der Waals surface area contributed by atoms with Crippen molar-refractivity contribution in [3.8, 4) is 0 Å². The standard InChI is InChI=1S/C22H31N3O3S/c1-2-15-7-5-8-16(13-15)18(26)9-6-12-23-20(27)11-4-3-10-19-21-17(14-29-19)24-22(28)25-21/h5,7-8,13,17,19,21H,2-4,6,9-12,14H2,1H3,(H,23,27)(H2,24,25,28)/t17-,19-,21-/m0/s1. The third-order valence-corrected chi connectivity index (χ3v) is 7.15. The first-order valence-corrected chi connectivity index (χ1v) is 11.7. The van der Waals surface area contributed by atoms with Crippen molar-refractivity contribution in [1.82, 2.24) is 16.0 Å². The average molecular weight is 418 g/mol. The van der Waals surface area contributed by atoms with Crippen molar-refractivity contribution >= 4 is 29.5 Å². The van der Waals surface area contributed by atoms with Crippen LogP contribution in [0.2, 0.25) is 0 Å². The molecule has 7 heteroatoms. The van der Waals surface area contributed by atoms with Crippen molar-refractivity contribution < 1.29 is 14.4 Å². The Morgan fingerprint density at radius 3 is 2.86 bits per heavy atom. The highest BCUT2D eigenvalue weighted by Crippen LogP contribution is 2.33. The first-order valence-electron chi connectivity index (χ1n) is 10.6. The number of ketones is 1. The number of carbonyl (C=O) groups is 3. The van der Waals surface area contributed by atoms with E-state index in [1.165, 1.54) is 5.56 Å². The molecule has 6 nitrogen and oxygen atoms in total. The Hall–Kier alpha value is -2.02. The average Bonchev–Trinajstić information content (AvgIpc) is 3.27. The summed E-state index contributed by atoms with van der Waals surface area (Å²) in [7, 11) is 0. The lowest BCUT2D eigenvalue weighted by Gasteiger charge is -2.16. The summed E-state index contributed by atoms with van der Waals surface area (Å²) in [4.78, 5) is 35.6. The van der Waals surface area contributed by atoms with Gasteiger partial charge < -0.3 is 16.0 Å². The summed E-state index contributed by atoms with van der Waals surface area (Å²) in [6.45, 7) is 2.62. The van der Waals surface area contributed by atoms with Crippen molar-refractivity contribution in [2.24, 2.45) is 0 Å². The molecule has 0 radical (unpaired) electrons. The van der Waals surface area contributed by atoms with Crippen LogP contribution in [0.4, 0.5) is 4.79 Å². The van der Waals surface area contributed by atoms with Crippen LogP contribution in [0.15, 0.2) is 24.3 Å². The van der Waals surface area contributed by atoms with E-state index in [1.54, 1.807) is 0 Å². The summed E-state index contributed by atoms with van der Waals surface area (Å²) >= 11 is 1.91. The van der Waals surface area contributed by atoms with Crippen LogP contribution in [-0.4, -0.2) is 47.4 Å². The van der Waals surface area contributed by atoms with Crippen LogP contribution in [0.5, 0.6) is 0 Å². The molecule has 2 fully saturated rings.